The summed E-state index contributed by atoms with van der Waals surface area (Å²) in [5, 5.41) is 0.587. The summed E-state index contributed by atoms with van der Waals surface area (Å²) in [6, 6.07) is 5.91. The second-order valence-electron chi connectivity index (χ2n) is 4.25. The van der Waals surface area contributed by atoms with Crippen molar-refractivity contribution in [2.45, 2.75) is 26.1 Å². The molecule has 0 fully saturated rings. The lowest BCUT2D eigenvalue weighted by atomic mass is 9.98. The van der Waals surface area contributed by atoms with E-state index in [-0.39, 0.29) is 5.38 Å². The van der Waals surface area contributed by atoms with Gasteiger partial charge in [-0.25, -0.2) is 0 Å². The zero-order valence-electron chi connectivity index (χ0n) is 10.1. The zero-order chi connectivity index (χ0) is 12.6. The lowest BCUT2D eigenvalue weighted by molar-refractivity contribution is 0.530. The standard InChI is InChI=1S/C14H14Cl2O/c1-8-7-13(15)9(2)6-12(8)14(16)11-4-5-17-10(11)3/h4-7,14H,1-3H3. The average Bonchev–Trinajstić information content (AvgIpc) is 2.69. The van der Waals surface area contributed by atoms with E-state index in [4.69, 9.17) is 27.6 Å². The third kappa shape index (κ3) is 2.36. The fourth-order valence-corrected chi connectivity index (χ4v) is 2.58. The van der Waals surface area contributed by atoms with E-state index in [2.05, 4.69) is 0 Å². The number of furan rings is 1. The first-order chi connectivity index (χ1) is 8.00. The zero-order valence-corrected chi connectivity index (χ0v) is 11.6. The Morgan fingerprint density at radius 2 is 1.76 bits per heavy atom. The molecule has 1 aromatic heterocycles. The van der Waals surface area contributed by atoms with Gasteiger partial charge in [0.15, 0.2) is 0 Å². The van der Waals surface area contributed by atoms with E-state index in [0.717, 1.165) is 33.0 Å². The molecule has 1 heterocycles. The highest BCUT2D eigenvalue weighted by atomic mass is 35.5. The van der Waals surface area contributed by atoms with E-state index in [1.165, 1.54) is 0 Å². The van der Waals surface area contributed by atoms with E-state index >= 15 is 0 Å². The maximum Gasteiger partial charge on any atom is 0.105 e. The smallest absolute Gasteiger partial charge is 0.105 e. The van der Waals surface area contributed by atoms with E-state index in [0.29, 0.717) is 0 Å². The van der Waals surface area contributed by atoms with Gasteiger partial charge in [0.05, 0.1) is 11.6 Å². The number of alkyl halides is 1. The highest BCUT2D eigenvalue weighted by molar-refractivity contribution is 6.31. The Morgan fingerprint density at radius 1 is 1.06 bits per heavy atom. The first-order valence-electron chi connectivity index (χ1n) is 5.45. The highest BCUT2D eigenvalue weighted by Crippen LogP contribution is 2.35. The SMILES string of the molecule is Cc1cc(C(Cl)c2ccoc2C)c(C)cc1Cl. The number of hydrogen-bond acceptors (Lipinski definition) is 1. The lowest BCUT2D eigenvalue weighted by Crippen LogP contribution is -1.98. The maximum atomic E-state index is 6.50. The van der Waals surface area contributed by atoms with Gasteiger partial charge >= 0.3 is 0 Å². The summed E-state index contributed by atoms with van der Waals surface area (Å²) in [5.41, 5.74) is 4.23. The Morgan fingerprint density at radius 3 is 2.35 bits per heavy atom. The molecule has 1 aromatic carbocycles. The van der Waals surface area contributed by atoms with E-state index in [1.54, 1.807) is 6.26 Å². The molecule has 1 atom stereocenters. The van der Waals surface area contributed by atoms with Crippen LogP contribution in [0.1, 0.15) is 33.4 Å². The monoisotopic (exact) mass is 268 g/mol. The molecular weight excluding hydrogens is 255 g/mol. The molecule has 3 heteroatoms. The molecular formula is C14H14Cl2O. The molecule has 2 aromatic rings. The van der Waals surface area contributed by atoms with Gasteiger partial charge in [-0.2, -0.15) is 0 Å². The molecule has 0 amide bonds. The van der Waals surface area contributed by atoms with E-state index < -0.39 is 0 Å². The quantitative estimate of drug-likeness (QED) is 0.684. The first kappa shape index (κ1) is 12.5. The molecule has 1 nitrogen and oxygen atoms in total. The van der Waals surface area contributed by atoms with Gasteiger partial charge in [0.25, 0.3) is 0 Å². The molecule has 17 heavy (non-hydrogen) atoms. The number of rotatable bonds is 2. The third-order valence-electron chi connectivity index (χ3n) is 2.99. The van der Waals surface area contributed by atoms with Gasteiger partial charge in [0.2, 0.25) is 0 Å². The fraction of sp³-hybridized carbons (Fsp3) is 0.286. The van der Waals surface area contributed by atoms with Crippen LogP contribution in [0.4, 0.5) is 0 Å². The topological polar surface area (TPSA) is 13.1 Å². The van der Waals surface area contributed by atoms with Crippen molar-refractivity contribution in [2.75, 3.05) is 0 Å². The molecule has 0 saturated heterocycles. The Hall–Kier alpha value is -0.920. The van der Waals surface area contributed by atoms with Crippen LogP contribution in [-0.2, 0) is 0 Å². The second-order valence-corrected chi connectivity index (χ2v) is 5.10. The maximum absolute atomic E-state index is 6.50. The molecule has 0 aliphatic carbocycles. The Kier molecular flexibility index (Phi) is 3.50. The highest BCUT2D eigenvalue weighted by Gasteiger charge is 2.18. The van der Waals surface area contributed by atoms with Crippen molar-refractivity contribution in [3.05, 3.63) is 57.5 Å². The van der Waals surface area contributed by atoms with Crippen molar-refractivity contribution in [1.82, 2.24) is 0 Å². The Labute approximate surface area is 111 Å². The van der Waals surface area contributed by atoms with Crippen LogP contribution in [0.5, 0.6) is 0 Å². The van der Waals surface area contributed by atoms with Crippen molar-refractivity contribution in [3.8, 4) is 0 Å². The molecule has 0 radical (unpaired) electrons. The summed E-state index contributed by atoms with van der Waals surface area (Å²) in [6.45, 7) is 5.92. The molecule has 2 rings (SSSR count). The largest absolute Gasteiger partial charge is 0.469 e. The molecule has 1 unspecified atom stereocenters. The summed E-state index contributed by atoms with van der Waals surface area (Å²) >= 11 is 12.6. The molecule has 0 aliphatic rings. The van der Waals surface area contributed by atoms with Crippen LogP contribution in [0.3, 0.4) is 0 Å². The summed E-state index contributed by atoms with van der Waals surface area (Å²) in [4.78, 5) is 0. The lowest BCUT2D eigenvalue weighted by Gasteiger charge is -2.14. The fourth-order valence-electron chi connectivity index (χ4n) is 1.90. The summed E-state index contributed by atoms with van der Waals surface area (Å²) in [5.74, 6) is 0.858. The first-order valence-corrected chi connectivity index (χ1v) is 6.27. The van der Waals surface area contributed by atoms with E-state index in [1.807, 2.05) is 39.0 Å². The van der Waals surface area contributed by atoms with Crippen LogP contribution in [0.25, 0.3) is 0 Å². The van der Waals surface area contributed by atoms with Crippen molar-refractivity contribution in [2.24, 2.45) is 0 Å². The van der Waals surface area contributed by atoms with Gasteiger partial charge in [0.1, 0.15) is 5.76 Å². The molecule has 0 saturated carbocycles. The summed E-state index contributed by atoms with van der Waals surface area (Å²) < 4.78 is 5.29. The van der Waals surface area contributed by atoms with Gasteiger partial charge in [-0.1, -0.05) is 17.7 Å². The Balaban J connectivity index is 2.48. The van der Waals surface area contributed by atoms with Crippen LogP contribution in [0.15, 0.2) is 28.9 Å². The second kappa shape index (κ2) is 4.75. The van der Waals surface area contributed by atoms with Crippen molar-refractivity contribution in [1.29, 1.82) is 0 Å². The van der Waals surface area contributed by atoms with Crippen LogP contribution in [0.2, 0.25) is 5.02 Å². The van der Waals surface area contributed by atoms with Crippen LogP contribution < -0.4 is 0 Å². The average molecular weight is 269 g/mol. The molecule has 0 spiro atoms. The molecule has 0 aliphatic heterocycles. The minimum absolute atomic E-state index is 0.190. The third-order valence-corrected chi connectivity index (χ3v) is 3.87. The number of halogens is 2. The van der Waals surface area contributed by atoms with E-state index in [9.17, 15) is 0 Å². The molecule has 0 N–H and O–H groups in total. The van der Waals surface area contributed by atoms with Gasteiger partial charge in [-0.3, -0.25) is 0 Å². The predicted molar refractivity (Wildman–Crippen MR) is 72.1 cm³/mol. The van der Waals surface area contributed by atoms with Crippen LogP contribution >= 0.6 is 23.2 Å². The van der Waals surface area contributed by atoms with Gasteiger partial charge in [-0.15, -0.1) is 11.6 Å². The number of benzene rings is 1. The number of hydrogen-bond donors (Lipinski definition) is 0. The van der Waals surface area contributed by atoms with Crippen molar-refractivity contribution < 1.29 is 4.42 Å². The van der Waals surface area contributed by atoms with Gasteiger partial charge in [0, 0.05) is 10.6 Å². The minimum atomic E-state index is -0.190. The number of aryl methyl sites for hydroxylation is 3. The van der Waals surface area contributed by atoms with Gasteiger partial charge < -0.3 is 4.42 Å². The summed E-state index contributed by atoms with van der Waals surface area (Å²) in [7, 11) is 0. The molecule has 90 valence electrons. The predicted octanol–water partition coefficient (Wildman–Crippen LogP) is 5.19. The van der Waals surface area contributed by atoms with Crippen molar-refractivity contribution in [3.63, 3.8) is 0 Å². The summed E-state index contributed by atoms with van der Waals surface area (Å²) in [6.07, 6.45) is 1.66. The van der Waals surface area contributed by atoms with Crippen LogP contribution in [-0.4, -0.2) is 0 Å². The minimum Gasteiger partial charge on any atom is -0.469 e. The Bertz CT molecular complexity index is 543. The van der Waals surface area contributed by atoms with Crippen molar-refractivity contribution >= 4 is 23.2 Å². The van der Waals surface area contributed by atoms with Gasteiger partial charge in [-0.05, 0) is 49.6 Å². The van der Waals surface area contributed by atoms with Crippen LogP contribution in [0, 0.1) is 20.8 Å². The normalized spacial score (nSPS) is 12.8. The molecule has 0 bridgehead atoms.